The third-order valence-corrected chi connectivity index (χ3v) is 1.03. The third-order valence-electron chi connectivity index (χ3n) is 1.03. The Kier molecular flexibility index (Phi) is 2.32. The molecule has 1 rings (SSSR count). The minimum absolute atomic E-state index is 0.0279. The number of carbonyl (C=O) groups is 2. The Morgan fingerprint density at radius 3 is 2.75 bits per heavy atom. The summed E-state index contributed by atoms with van der Waals surface area (Å²) in [7, 11) is 0. The molecule has 2 N–H and O–H groups in total. The Hall–Kier alpha value is -1.98. The molecule has 0 spiro atoms. The van der Waals surface area contributed by atoms with Crippen LogP contribution in [-0.4, -0.2) is 27.3 Å². The third kappa shape index (κ3) is 2.01. The average Bonchev–Trinajstić information content (AvgIpc) is 2.05. The zero-order chi connectivity index (χ0) is 8.97. The van der Waals surface area contributed by atoms with E-state index in [0.717, 1.165) is 0 Å². The van der Waals surface area contributed by atoms with Crippen LogP contribution < -0.4 is 5.32 Å². The normalized spacial score (nSPS) is 9.00. The van der Waals surface area contributed by atoms with Crippen LogP contribution >= 0.6 is 0 Å². The molecule has 0 bridgehead atoms. The molecule has 0 saturated heterocycles. The molecule has 12 heavy (non-hydrogen) atoms. The van der Waals surface area contributed by atoms with Gasteiger partial charge in [0.2, 0.25) is 0 Å². The molecule has 0 fully saturated rings. The Morgan fingerprint density at radius 1 is 1.50 bits per heavy atom. The van der Waals surface area contributed by atoms with Gasteiger partial charge in [0.25, 0.3) is 5.91 Å². The molecule has 1 aromatic heterocycles. The minimum Gasteiger partial charge on any atom is -0.465 e. The van der Waals surface area contributed by atoms with Crippen LogP contribution in [0.25, 0.3) is 0 Å². The molecule has 0 aromatic carbocycles. The Morgan fingerprint density at radius 2 is 2.25 bits per heavy atom. The molecule has 62 valence electrons. The van der Waals surface area contributed by atoms with Crippen LogP contribution in [0.1, 0.15) is 10.5 Å². The summed E-state index contributed by atoms with van der Waals surface area (Å²) in [5.41, 5.74) is -0.0279. The zero-order valence-corrected chi connectivity index (χ0v) is 5.89. The highest BCUT2D eigenvalue weighted by Crippen LogP contribution is 1.89. The molecule has 6 heteroatoms. The van der Waals surface area contributed by atoms with Crippen molar-refractivity contribution < 1.29 is 14.7 Å². The molecule has 2 amide bonds. The number of nitrogens with one attached hydrogen (secondary N) is 1. The molecule has 6 nitrogen and oxygen atoms in total. The zero-order valence-electron chi connectivity index (χ0n) is 5.89. The monoisotopic (exact) mass is 167 g/mol. The second kappa shape index (κ2) is 3.42. The first-order valence-electron chi connectivity index (χ1n) is 3.02. The van der Waals surface area contributed by atoms with Crippen LogP contribution in [0.2, 0.25) is 0 Å². The smallest absolute Gasteiger partial charge is 0.411 e. The van der Waals surface area contributed by atoms with Gasteiger partial charge in [0.1, 0.15) is 0 Å². The van der Waals surface area contributed by atoms with Gasteiger partial charge in [-0.3, -0.25) is 10.1 Å². The first kappa shape index (κ1) is 8.12. The number of nitrogens with zero attached hydrogens (tertiary/aromatic N) is 2. The fraction of sp³-hybridized carbons (Fsp3) is 0. The van der Waals surface area contributed by atoms with E-state index in [2.05, 4.69) is 10.2 Å². The number of amides is 2. The van der Waals surface area contributed by atoms with Crippen LogP contribution in [0.5, 0.6) is 0 Å². The maximum atomic E-state index is 10.9. The second-order valence-electron chi connectivity index (χ2n) is 1.87. The van der Waals surface area contributed by atoms with Crippen molar-refractivity contribution in [2.45, 2.75) is 0 Å². The highest BCUT2D eigenvalue weighted by Gasteiger charge is 2.08. The lowest BCUT2D eigenvalue weighted by atomic mass is 10.4. The van der Waals surface area contributed by atoms with Gasteiger partial charge in [0.15, 0.2) is 5.69 Å². The molecule has 1 aromatic rings. The molecular weight excluding hydrogens is 162 g/mol. The molecule has 0 radical (unpaired) electrons. The molecule has 0 aliphatic rings. The number of rotatable bonds is 1. The number of hydrogen-bond donors (Lipinski definition) is 2. The summed E-state index contributed by atoms with van der Waals surface area (Å²) >= 11 is 0. The van der Waals surface area contributed by atoms with Gasteiger partial charge in [-0.05, 0) is 12.1 Å². The molecular formula is C6H5N3O3. The Balaban J connectivity index is 2.73. The number of hydrogen-bond acceptors (Lipinski definition) is 4. The van der Waals surface area contributed by atoms with Gasteiger partial charge in [0, 0.05) is 6.20 Å². The van der Waals surface area contributed by atoms with Gasteiger partial charge in [-0.25, -0.2) is 4.79 Å². The molecule has 0 aliphatic heterocycles. The van der Waals surface area contributed by atoms with Gasteiger partial charge in [-0.2, -0.15) is 5.10 Å². The largest absolute Gasteiger partial charge is 0.465 e. The van der Waals surface area contributed by atoms with Crippen LogP contribution in [0.4, 0.5) is 4.79 Å². The van der Waals surface area contributed by atoms with E-state index in [1.54, 1.807) is 5.32 Å². The van der Waals surface area contributed by atoms with E-state index < -0.39 is 12.0 Å². The van der Waals surface area contributed by atoms with Gasteiger partial charge < -0.3 is 5.11 Å². The van der Waals surface area contributed by atoms with Crippen molar-refractivity contribution in [2.75, 3.05) is 0 Å². The highest BCUT2D eigenvalue weighted by molar-refractivity contribution is 6.00. The molecule has 0 aliphatic carbocycles. The quantitative estimate of drug-likeness (QED) is 0.608. The molecule has 1 heterocycles. The lowest BCUT2D eigenvalue weighted by Crippen LogP contribution is -2.29. The molecule has 0 saturated carbocycles. The highest BCUT2D eigenvalue weighted by atomic mass is 16.4. The van der Waals surface area contributed by atoms with Crippen LogP contribution in [0, 0.1) is 0 Å². The predicted octanol–water partition coefficient (Wildman–Crippen LogP) is -0.116. The van der Waals surface area contributed by atoms with E-state index in [-0.39, 0.29) is 5.69 Å². The van der Waals surface area contributed by atoms with Gasteiger partial charge in [0.05, 0.1) is 0 Å². The summed E-state index contributed by atoms with van der Waals surface area (Å²) in [6, 6.07) is 2.86. The first-order valence-corrected chi connectivity index (χ1v) is 3.02. The number of carboxylic acid groups (broad SMARTS) is 1. The summed E-state index contributed by atoms with van der Waals surface area (Å²) in [6.45, 7) is 0. The van der Waals surface area contributed by atoms with Gasteiger partial charge in [-0.15, -0.1) is 5.10 Å². The van der Waals surface area contributed by atoms with E-state index in [1.165, 1.54) is 18.3 Å². The lowest BCUT2D eigenvalue weighted by molar-refractivity contribution is 0.0942. The molecule has 0 atom stereocenters. The standard InChI is InChI=1S/C6H5N3O3/c10-5(8-6(11)12)4-2-1-3-7-9-4/h1-3H,(H,8,10)(H,11,12). The van der Waals surface area contributed by atoms with Crippen molar-refractivity contribution >= 4 is 12.0 Å². The van der Waals surface area contributed by atoms with Crippen molar-refractivity contribution in [2.24, 2.45) is 0 Å². The van der Waals surface area contributed by atoms with Crippen LogP contribution in [0.15, 0.2) is 18.3 Å². The van der Waals surface area contributed by atoms with Crippen molar-refractivity contribution in [3.8, 4) is 0 Å². The maximum absolute atomic E-state index is 10.9. The summed E-state index contributed by atoms with van der Waals surface area (Å²) in [4.78, 5) is 20.9. The van der Waals surface area contributed by atoms with Crippen molar-refractivity contribution in [3.05, 3.63) is 24.0 Å². The number of carbonyl (C=O) groups excluding carboxylic acids is 1. The van der Waals surface area contributed by atoms with Crippen molar-refractivity contribution in [3.63, 3.8) is 0 Å². The van der Waals surface area contributed by atoms with Crippen LogP contribution in [-0.2, 0) is 0 Å². The van der Waals surface area contributed by atoms with E-state index in [4.69, 9.17) is 5.11 Å². The van der Waals surface area contributed by atoms with E-state index in [9.17, 15) is 9.59 Å². The minimum atomic E-state index is -1.41. The van der Waals surface area contributed by atoms with Crippen LogP contribution in [0.3, 0.4) is 0 Å². The SMILES string of the molecule is O=C(O)NC(=O)c1cccnn1. The van der Waals surface area contributed by atoms with E-state index >= 15 is 0 Å². The van der Waals surface area contributed by atoms with Crippen molar-refractivity contribution in [1.82, 2.24) is 15.5 Å². The Bertz CT molecular complexity index is 298. The fourth-order valence-corrected chi connectivity index (χ4v) is 0.584. The number of imide groups is 1. The lowest BCUT2D eigenvalue weighted by Gasteiger charge is -1.95. The summed E-state index contributed by atoms with van der Waals surface area (Å²) in [5, 5.41) is 16.6. The predicted molar refractivity (Wildman–Crippen MR) is 37.5 cm³/mol. The van der Waals surface area contributed by atoms with Gasteiger partial charge in [-0.1, -0.05) is 0 Å². The Labute approximate surface area is 67.2 Å². The van der Waals surface area contributed by atoms with Gasteiger partial charge >= 0.3 is 6.09 Å². The molecule has 0 unspecified atom stereocenters. The fourth-order valence-electron chi connectivity index (χ4n) is 0.584. The summed E-state index contributed by atoms with van der Waals surface area (Å²) in [6.07, 6.45) is -0.0250. The summed E-state index contributed by atoms with van der Waals surface area (Å²) in [5.74, 6) is -0.782. The topological polar surface area (TPSA) is 92.2 Å². The first-order chi connectivity index (χ1) is 5.70. The van der Waals surface area contributed by atoms with E-state index in [0.29, 0.717) is 0 Å². The average molecular weight is 167 g/mol. The summed E-state index contributed by atoms with van der Waals surface area (Å²) < 4.78 is 0. The second-order valence-corrected chi connectivity index (χ2v) is 1.87. The van der Waals surface area contributed by atoms with Crippen molar-refractivity contribution in [1.29, 1.82) is 0 Å². The maximum Gasteiger partial charge on any atom is 0.411 e. The van der Waals surface area contributed by atoms with E-state index in [1.807, 2.05) is 0 Å². The number of aromatic nitrogens is 2.